The highest BCUT2D eigenvalue weighted by atomic mass is 32.2. The van der Waals surface area contributed by atoms with Gasteiger partial charge in [-0.25, -0.2) is 13.4 Å². The maximum atomic E-state index is 13.1. The summed E-state index contributed by atoms with van der Waals surface area (Å²) in [7, 11) is -3.60. The smallest absolute Gasteiger partial charge is 0.254 e. The summed E-state index contributed by atoms with van der Waals surface area (Å²) in [4.78, 5) is 20.4. The number of H-pyrrole nitrogens is 1. The predicted molar refractivity (Wildman–Crippen MR) is 112 cm³/mol. The van der Waals surface area contributed by atoms with Crippen molar-refractivity contribution in [2.24, 2.45) is 0 Å². The number of amides is 1. The highest BCUT2D eigenvalue weighted by Gasteiger charge is 2.27. The molecule has 1 N–H and O–H groups in total. The van der Waals surface area contributed by atoms with E-state index >= 15 is 0 Å². The number of sulfonamides is 1. The number of nitrogens with one attached hydrogen (secondary N) is 1. The summed E-state index contributed by atoms with van der Waals surface area (Å²) in [5.41, 5.74) is 2.37. The minimum absolute atomic E-state index is 0.111. The van der Waals surface area contributed by atoms with Crippen LogP contribution in [-0.2, 0) is 10.0 Å². The molecule has 2 aromatic rings. The zero-order chi connectivity index (χ0) is 21.0. The van der Waals surface area contributed by atoms with Gasteiger partial charge in [-0.1, -0.05) is 19.9 Å². The lowest BCUT2D eigenvalue weighted by Crippen LogP contribution is -2.49. The van der Waals surface area contributed by atoms with Crippen LogP contribution in [0.15, 0.2) is 47.6 Å². The molecule has 29 heavy (non-hydrogen) atoms. The normalized spacial score (nSPS) is 15.0. The molecule has 3 rings (SSSR count). The van der Waals surface area contributed by atoms with Gasteiger partial charge in [-0.2, -0.15) is 4.31 Å². The molecule has 8 heteroatoms. The number of hydrogen-bond acceptors (Lipinski definition) is 4. The summed E-state index contributed by atoms with van der Waals surface area (Å²) in [6.45, 7) is 8.95. The molecule has 1 fully saturated rings. The fourth-order valence-corrected chi connectivity index (χ4v) is 5.12. The van der Waals surface area contributed by atoms with Crippen molar-refractivity contribution in [3.05, 3.63) is 53.9 Å². The summed E-state index contributed by atoms with van der Waals surface area (Å²) in [6, 6.07) is 8.88. The lowest BCUT2D eigenvalue weighted by Gasteiger charge is -2.36. The summed E-state index contributed by atoms with van der Waals surface area (Å²) in [6.07, 6.45) is 3.77. The number of aryl methyl sites for hydroxylation is 1. The van der Waals surface area contributed by atoms with Gasteiger partial charge in [0, 0.05) is 62.7 Å². The molecular weight excluding hydrogens is 388 g/mol. The van der Waals surface area contributed by atoms with Crippen LogP contribution in [0.25, 0.3) is 0 Å². The number of anilines is 1. The zero-order valence-corrected chi connectivity index (χ0v) is 18.1. The first kappa shape index (κ1) is 21.3. The van der Waals surface area contributed by atoms with Crippen LogP contribution in [0.5, 0.6) is 0 Å². The molecule has 0 atom stereocenters. The quantitative estimate of drug-likeness (QED) is 0.718. The first-order chi connectivity index (χ1) is 13.9. The molecule has 7 nitrogen and oxygen atoms in total. The second-order valence-electron chi connectivity index (χ2n) is 7.10. The average Bonchev–Trinajstić information content (AvgIpc) is 2.75. The predicted octanol–water partition coefficient (Wildman–Crippen LogP) is 1.80. The summed E-state index contributed by atoms with van der Waals surface area (Å²) < 4.78 is 27.1. The van der Waals surface area contributed by atoms with E-state index in [0.29, 0.717) is 31.7 Å². The van der Waals surface area contributed by atoms with Gasteiger partial charge in [-0.05, 0) is 24.6 Å². The summed E-state index contributed by atoms with van der Waals surface area (Å²) >= 11 is 0. The lowest BCUT2D eigenvalue weighted by molar-refractivity contribution is -0.377. The van der Waals surface area contributed by atoms with Crippen LogP contribution in [0.2, 0.25) is 0 Å². The molecule has 156 valence electrons. The van der Waals surface area contributed by atoms with Gasteiger partial charge in [0.05, 0.1) is 4.90 Å². The van der Waals surface area contributed by atoms with Crippen molar-refractivity contribution in [2.75, 3.05) is 44.2 Å². The minimum atomic E-state index is -3.60. The number of aromatic amines is 1. The van der Waals surface area contributed by atoms with Gasteiger partial charge in [0.25, 0.3) is 5.91 Å². The van der Waals surface area contributed by atoms with Crippen LogP contribution in [0.4, 0.5) is 5.69 Å². The highest BCUT2D eigenvalue weighted by Crippen LogP contribution is 2.22. The van der Waals surface area contributed by atoms with E-state index in [1.54, 1.807) is 12.1 Å². The first-order valence-electron chi connectivity index (χ1n) is 9.99. The van der Waals surface area contributed by atoms with Crippen molar-refractivity contribution in [3.63, 3.8) is 0 Å². The Bertz CT molecular complexity index is 951. The fraction of sp³-hybridized carbons (Fsp3) is 0.429. The standard InChI is InChI=1S/C21H28N4O3S/c1-4-25(5-2)29(27,28)19-7-6-17(3)20(16-19)21(26)24-14-12-23(13-15-24)18-8-10-22-11-9-18/h6-11,16H,4-5,12-15H2,1-3H3/p+1. The van der Waals surface area contributed by atoms with Gasteiger partial charge >= 0.3 is 0 Å². The molecule has 1 aliphatic heterocycles. The number of piperazine rings is 1. The number of hydrogen-bond donors (Lipinski definition) is 0. The van der Waals surface area contributed by atoms with Crippen LogP contribution in [0.3, 0.4) is 0 Å². The molecular formula is C21H29N4O3S+. The molecule has 1 aromatic heterocycles. The van der Waals surface area contributed by atoms with Gasteiger partial charge < -0.3 is 9.80 Å². The van der Waals surface area contributed by atoms with Crippen LogP contribution >= 0.6 is 0 Å². The van der Waals surface area contributed by atoms with Gasteiger partial charge in [0.15, 0.2) is 12.4 Å². The van der Waals surface area contributed by atoms with Crippen molar-refractivity contribution in [3.8, 4) is 0 Å². The number of pyridine rings is 1. The molecule has 2 heterocycles. The minimum Gasteiger partial charge on any atom is -0.368 e. The van der Waals surface area contributed by atoms with E-state index in [1.807, 2.05) is 50.2 Å². The van der Waals surface area contributed by atoms with Crippen molar-refractivity contribution in [1.29, 1.82) is 0 Å². The first-order valence-corrected chi connectivity index (χ1v) is 11.4. The van der Waals surface area contributed by atoms with E-state index in [0.717, 1.165) is 24.3 Å². The molecule has 1 saturated heterocycles. The van der Waals surface area contributed by atoms with Gasteiger partial charge in [0.1, 0.15) is 0 Å². The van der Waals surface area contributed by atoms with E-state index in [2.05, 4.69) is 9.88 Å². The zero-order valence-electron chi connectivity index (χ0n) is 17.3. The summed E-state index contributed by atoms with van der Waals surface area (Å²) in [5.74, 6) is -0.111. The van der Waals surface area contributed by atoms with Crippen LogP contribution in [0.1, 0.15) is 29.8 Å². The van der Waals surface area contributed by atoms with Gasteiger partial charge in [-0.15, -0.1) is 0 Å². The third kappa shape index (κ3) is 4.43. The Balaban J connectivity index is 1.78. The lowest BCUT2D eigenvalue weighted by atomic mass is 10.1. The Hall–Kier alpha value is -2.45. The maximum Gasteiger partial charge on any atom is 0.254 e. The fourth-order valence-electron chi connectivity index (χ4n) is 3.63. The van der Waals surface area contributed by atoms with Gasteiger partial charge in [-0.3, -0.25) is 4.79 Å². The van der Waals surface area contributed by atoms with E-state index in [9.17, 15) is 13.2 Å². The Labute approximate surface area is 173 Å². The Morgan fingerprint density at radius 2 is 1.66 bits per heavy atom. The molecule has 1 aromatic carbocycles. The van der Waals surface area contributed by atoms with Crippen molar-refractivity contribution < 1.29 is 18.2 Å². The number of aromatic nitrogens is 1. The number of benzene rings is 1. The number of carbonyl (C=O) groups is 1. The SMILES string of the molecule is CCN(CC)S(=O)(=O)c1ccc(C)c(C(=O)N2CCN(c3cc[nH+]cc3)CC2)c1. The molecule has 1 amide bonds. The highest BCUT2D eigenvalue weighted by molar-refractivity contribution is 7.89. The molecule has 0 bridgehead atoms. The van der Waals surface area contributed by atoms with E-state index in [-0.39, 0.29) is 10.8 Å². The van der Waals surface area contributed by atoms with E-state index in [1.165, 1.54) is 10.4 Å². The third-order valence-corrected chi connectivity index (χ3v) is 7.46. The Morgan fingerprint density at radius 3 is 2.24 bits per heavy atom. The summed E-state index contributed by atoms with van der Waals surface area (Å²) in [5, 5.41) is 0. The molecule has 0 spiro atoms. The van der Waals surface area contributed by atoms with Crippen molar-refractivity contribution in [2.45, 2.75) is 25.7 Å². The average molecular weight is 418 g/mol. The van der Waals surface area contributed by atoms with E-state index in [4.69, 9.17) is 0 Å². The molecule has 0 radical (unpaired) electrons. The van der Waals surface area contributed by atoms with Crippen molar-refractivity contribution in [1.82, 2.24) is 9.21 Å². The second-order valence-corrected chi connectivity index (χ2v) is 9.04. The largest absolute Gasteiger partial charge is 0.368 e. The Morgan fingerprint density at radius 1 is 1.03 bits per heavy atom. The van der Waals surface area contributed by atoms with E-state index < -0.39 is 10.0 Å². The van der Waals surface area contributed by atoms with Crippen LogP contribution in [0, 0.1) is 6.92 Å². The molecule has 1 aliphatic rings. The topological polar surface area (TPSA) is 75.1 Å². The van der Waals surface area contributed by atoms with Crippen LogP contribution in [-0.4, -0.2) is 62.8 Å². The van der Waals surface area contributed by atoms with Gasteiger partial charge in [0.2, 0.25) is 10.0 Å². The monoisotopic (exact) mass is 417 g/mol. The van der Waals surface area contributed by atoms with Crippen LogP contribution < -0.4 is 9.88 Å². The number of nitrogens with zero attached hydrogens (tertiary/aromatic N) is 3. The second kappa shape index (κ2) is 8.92. The Kier molecular flexibility index (Phi) is 6.54. The number of rotatable bonds is 6. The maximum absolute atomic E-state index is 13.1. The molecule has 0 aliphatic carbocycles. The van der Waals surface area contributed by atoms with Crippen molar-refractivity contribution >= 4 is 21.6 Å². The number of carbonyl (C=O) groups excluding carboxylic acids is 1. The molecule has 0 unspecified atom stereocenters. The molecule has 0 saturated carbocycles. The third-order valence-electron chi connectivity index (χ3n) is 5.42.